The number of Topliss-reactive ketones (excluding diaryl/α,β-unsaturated/α-hetero) is 1. The second-order valence-corrected chi connectivity index (χ2v) is 4.90. The SMILES string of the molecule is COc1ccc(C(=O)CCc2nccs2)cc1OC. The summed E-state index contributed by atoms with van der Waals surface area (Å²) in [5.74, 6) is 1.28. The molecule has 0 aliphatic heterocycles. The van der Waals surface area contributed by atoms with Crippen molar-refractivity contribution in [1.82, 2.24) is 4.98 Å². The fourth-order valence-electron chi connectivity index (χ4n) is 1.75. The van der Waals surface area contributed by atoms with E-state index in [1.54, 1.807) is 50.0 Å². The van der Waals surface area contributed by atoms with Gasteiger partial charge < -0.3 is 9.47 Å². The molecule has 0 spiro atoms. The van der Waals surface area contributed by atoms with Gasteiger partial charge in [-0.2, -0.15) is 0 Å². The molecule has 0 aliphatic rings. The van der Waals surface area contributed by atoms with E-state index >= 15 is 0 Å². The van der Waals surface area contributed by atoms with Crippen LogP contribution in [0.4, 0.5) is 0 Å². The van der Waals surface area contributed by atoms with Gasteiger partial charge >= 0.3 is 0 Å². The van der Waals surface area contributed by atoms with Gasteiger partial charge in [0.25, 0.3) is 0 Å². The van der Waals surface area contributed by atoms with Crippen LogP contribution < -0.4 is 9.47 Å². The maximum Gasteiger partial charge on any atom is 0.163 e. The van der Waals surface area contributed by atoms with Crippen molar-refractivity contribution >= 4 is 17.1 Å². The van der Waals surface area contributed by atoms with Crippen LogP contribution in [0.3, 0.4) is 0 Å². The molecular weight excluding hydrogens is 262 g/mol. The average Bonchev–Trinajstić information content (AvgIpc) is 2.97. The van der Waals surface area contributed by atoms with Gasteiger partial charge in [0.2, 0.25) is 0 Å². The third-order valence-corrected chi connectivity index (χ3v) is 3.59. The van der Waals surface area contributed by atoms with Crippen molar-refractivity contribution in [3.8, 4) is 11.5 Å². The van der Waals surface area contributed by atoms with Gasteiger partial charge in [0.05, 0.1) is 19.2 Å². The molecule has 1 aromatic carbocycles. The number of hydrogen-bond donors (Lipinski definition) is 0. The number of carbonyl (C=O) groups excluding carboxylic acids is 1. The summed E-state index contributed by atoms with van der Waals surface area (Å²) in [5.41, 5.74) is 0.634. The highest BCUT2D eigenvalue weighted by Crippen LogP contribution is 2.28. The lowest BCUT2D eigenvalue weighted by atomic mass is 10.1. The average molecular weight is 277 g/mol. The van der Waals surface area contributed by atoms with Crippen molar-refractivity contribution < 1.29 is 14.3 Å². The molecule has 0 fully saturated rings. The fraction of sp³-hybridized carbons (Fsp3) is 0.286. The minimum Gasteiger partial charge on any atom is -0.493 e. The van der Waals surface area contributed by atoms with Crippen LogP contribution in [-0.2, 0) is 6.42 Å². The Labute approximate surface area is 116 Å². The summed E-state index contributed by atoms with van der Waals surface area (Å²) >= 11 is 1.57. The van der Waals surface area contributed by atoms with Crippen molar-refractivity contribution in [3.05, 3.63) is 40.3 Å². The molecule has 2 aromatic rings. The Morgan fingerprint density at radius 1 is 1.26 bits per heavy atom. The normalized spacial score (nSPS) is 10.2. The minimum absolute atomic E-state index is 0.0798. The molecule has 1 heterocycles. The Morgan fingerprint density at radius 3 is 2.68 bits per heavy atom. The molecule has 0 unspecified atom stereocenters. The van der Waals surface area contributed by atoms with E-state index in [0.29, 0.717) is 29.9 Å². The van der Waals surface area contributed by atoms with Gasteiger partial charge in [0.15, 0.2) is 17.3 Å². The zero-order valence-electron chi connectivity index (χ0n) is 10.9. The van der Waals surface area contributed by atoms with E-state index in [1.165, 1.54) is 0 Å². The van der Waals surface area contributed by atoms with Crippen LogP contribution in [0.5, 0.6) is 11.5 Å². The molecule has 0 saturated carbocycles. The maximum absolute atomic E-state index is 12.1. The third-order valence-electron chi connectivity index (χ3n) is 2.75. The molecule has 1 aromatic heterocycles. The number of ketones is 1. The topological polar surface area (TPSA) is 48.4 Å². The van der Waals surface area contributed by atoms with E-state index in [0.717, 1.165) is 5.01 Å². The summed E-state index contributed by atoms with van der Waals surface area (Å²) in [5, 5.41) is 2.89. The summed E-state index contributed by atoms with van der Waals surface area (Å²) < 4.78 is 10.3. The molecule has 0 atom stereocenters. The first-order chi connectivity index (χ1) is 9.24. The number of methoxy groups -OCH3 is 2. The number of aryl methyl sites for hydroxylation is 1. The lowest BCUT2D eigenvalue weighted by molar-refractivity contribution is 0.0982. The molecule has 19 heavy (non-hydrogen) atoms. The second-order valence-electron chi connectivity index (χ2n) is 3.92. The smallest absolute Gasteiger partial charge is 0.163 e. The van der Waals surface area contributed by atoms with Crippen LogP contribution in [0.2, 0.25) is 0 Å². The van der Waals surface area contributed by atoms with Crippen LogP contribution >= 0.6 is 11.3 Å². The highest BCUT2D eigenvalue weighted by molar-refractivity contribution is 7.09. The predicted octanol–water partition coefficient (Wildman–Crippen LogP) is 2.98. The van der Waals surface area contributed by atoms with E-state index in [4.69, 9.17) is 9.47 Å². The Kier molecular flexibility index (Phi) is 4.52. The lowest BCUT2D eigenvalue weighted by Crippen LogP contribution is -2.02. The Hall–Kier alpha value is -1.88. The number of hydrogen-bond acceptors (Lipinski definition) is 5. The van der Waals surface area contributed by atoms with Crippen molar-refractivity contribution in [2.45, 2.75) is 12.8 Å². The number of benzene rings is 1. The van der Waals surface area contributed by atoms with E-state index in [1.807, 2.05) is 5.38 Å². The lowest BCUT2D eigenvalue weighted by Gasteiger charge is -2.08. The predicted molar refractivity (Wildman–Crippen MR) is 74.3 cm³/mol. The first-order valence-electron chi connectivity index (χ1n) is 5.88. The third kappa shape index (κ3) is 3.32. The van der Waals surface area contributed by atoms with E-state index in [9.17, 15) is 4.79 Å². The fourth-order valence-corrected chi connectivity index (χ4v) is 2.37. The van der Waals surface area contributed by atoms with Crippen molar-refractivity contribution in [1.29, 1.82) is 0 Å². The van der Waals surface area contributed by atoms with E-state index in [2.05, 4.69) is 4.98 Å². The zero-order valence-corrected chi connectivity index (χ0v) is 11.7. The maximum atomic E-state index is 12.1. The molecule has 2 rings (SSSR count). The summed E-state index contributed by atoms with van der Waals surface area (Å²) in [6.45, 7) is 0. The quantitative estimate of drug-likeness (QED) is 0.762. The first-order valence-corrected chi connectivity index (χ1v) is 6.76. The molecule has 5 heteroatoms. The van der Waals surface area contributed by atoms with Crippen LogP contribution in [0.1, 0.15) is 21.8 Å². The number of rotatable bonds is 6. The molecule has 0 N–H and O–H groups in total. The molecule has 0 radical (unpaired) electrons. The van der Waals surface area contributed by atoms with Gasteiger partial charge in [-0.15, -0.1) is 11.3 Å². The van der Waals surface area contributed by atoms with Crippen molar-refractivity contribution in [3.63, 3.8) is 0 Å². The molecule has 4 nitrogen and oxygen atoms in total. The van der Waals surface area contributed by atoms with Gasteiger partial charge in [0, 0.05) is 30.0 Å². The van der Waals surface area contributed by atoms with Crippen LogP contribution in [0.15, 0.2) is 29.8 Å². The summed E-state index contributed by atoms with van der Waals surface area (Å²) in [7, 11) is 3.13. The Bertz CT molecular complexity index is 552. The van der Waals surface area contributed by atoms with Gasteiger partial charge in [0.1, 0.15) is 0 Å². The summed E-state index contributed by atoms with van der Waals surface area (Å²) in [4.78, 5) is 16.3. The minimum atomic E-state index is 0.0798. The van der Waals surface area contributed by atoms with Crippen molar-refractivity contribution in [2.75, 3.05) is 14.2 Å². The molecular formula is C14H15NO3S. The van der Waals surface area contributed by atoms with E-state index in [-0.39, 0.29) is 5.78 Å². The van der Waals surface area contributed by atoms with Crippen LogP contribution in [-0.4, -0.2) is 25.0 Å². The zero-order chi connectivity index (χ0) is 13.7. The number of aromatic nitrogens is 1. The number of ether oxygens (including phenoxy) is 2. The molecule has 0 bridgehead atoms. The molecule has 0 amide bonds. The van der Waals surface area contributed by atoms with Gasteiger partial charge in [-0.1, -0.05) is 0 Å². The number of thiazole rings is 1. The largest absolute Gasteiger partial charge is 0.493 e. The Morgan fingerprint density at radius 2 is 2.05 bits per heavy atom. The van der Waals surface area contributed by atoms with Gasteiger partial charge in [-0.3, -0.25) is 4.79 Å². The molecule has 0 saturated heterocycles. The van der Waals surface area contributed by atoms with Crippen LogP contribution in [0, 0.1) is 0 Å². The van der Waals surface area contributed by atoms with Gasteiger partial charge in [-0.05, 0) is 18.2 Å². The summed E-state index contributed by atoms with van der Waals surface area (Å²) in [6, 6.07) is 5.21. The van der Waals surface area contributed by atoms with Crippen LogP contribution in [0.25, 0.3) is 0 Å². The second kappa shape index (κ2) is 6.33. The number of carbonyl (C=O) groups is 1. The highest BCUT2D eigenvalue weighted by atomic mass is 32.1. The molecule has 0 aliphatic carbocycles. The molecule has 100 valence electrons. The van der Waals surface area contributed by atoms with E-state index < -0.39 is 0 Å². The summed E-state index contributed by atoms with van der Waals surface area (Å²) in [6.07, 6.45) is 2.87. The standard InChI is InChI=1S/C14H15NO3S/c1-17-12-5-3-10(9-13(12)18-2)11(16)4-6-14-15-7-8-19-14/h3,5,7-9H,4,6H2,1-2H3. The number of nitrogens with zero attached hydrogens (tertiary/aromatic N) is 1. The monoisotopic (exact) mass is 277 g/mol. The highest BCUT2D eigenvalue weighted by Gasteiger charge is 2.11. The Balaban J connectivity index is 2.06. The van der Waals surface area contributed by atoms with Crippen molar-refractivity contribution in [2.24, 2.45) is 0 Å². The first kappa shape index (κ1) is 13.5. The van der Waals surface area contributed by atoms with Gasteiger partial charge in [-0.25, -0.2) is 4.98 Å².